The van der Waals surface area contributed by atoms with E-state index in [-0.39, 0.29) is 23.6 Å². The fraction of sp³-hybridized carbons (Fsp3) is 0.296. The first-order valence-corrected chi connectivity index (χ1v) is 11.3. The van der Waals surface area contributed by atoms with Crippen LogP contribution in [0, 0.1) is 17.1 Å². The Morgan fingerprint density at radius 3 is 2.88 bits per heavy atom. The van der Waals surface area contributed by atoms with Gasteiger partial charge in [-0.1, -0.05) is 24.3 Å². The van der Waals surface area contributed by atoms with Crippen LogP contribution in [0.5, 0.6) is 5.75 Å². The van der Waals surface area contributed by atoms with Crippen molar-refractivity contribution in [2.75, 3.05) is 11.9 Å². The lowest BCUT2D eigenvalue weighted by Gasteiger charge is -2.37. The summed E-state index contributed by atoms with van der Waals surface area (Å²) in [7, 11) is 0. The number of phenols is 1. The summed E-state index contributed by atoms with van der Waals surface area (Å²) in [4.78, 5) is 18.9. The molecule has 1 amide bonds. The third-order valence-electron chi connectivity index (χ3n) is 5.82. The summed E-state index contributed by atoms with van der Waals surface area (Å²) in [6.45, 7) is 7.32. The van der Waals surface area contributed by atoms with E-state index in [4.69, 9.17) is 5.41 Å². The maximum atomic E-state index is 13.3. The number of allylic oxidation sites excluding steroid dienone is 1. The fourth-order valence-electron chi connectivity index (χ4n) is 4.06. The van der Waals surface area contributed by atoms with Gasteiger partial charge in [-0.15, -0.1) is 6.58 Å². The molecule has 1 saturated heterocycles. The molecule has 0 saturated carbocycles. The van der Waals surface area contributed by atoms with E-state index in [0.29, 0.717) is 24.3 Å². The van der Waals surface area contributed by atoms with Crippen molar-refractivity contribution in [3.05, 3.63) is 78.7 Å². The molecule has 2 unspecified atom stereocenters. The highest BCUT2D eigenvalue weighted by Gasteiger charge is 2.25. The molecule has 2 aromatic rings. The fourth-order valence-corrected chi connectivity index (χ4v) is 4.06. The van der Waals surface area contributed by atoms with Crippen molar-refractivity contribution in [3.8, 4) is 5.75 Å². The summed E-state index contributed by atoms with van der Waals surface area (Å²) in [5, 5.41) is 20.2. The van der Waals surface area contributed by atoms with Crippen LogP contribution in [0.3, 0.4) is 0 Å². The molecule has 1 aliphatic heterocycles. The van der Waals surface area contributed by atoms with Gasteiger partial charge in [0.15, 0.2) is 0 Å². The largest absolute Gasteiger partial charge is 0.506 e. The van der Waals surface area contributed by atoms with Crippen molar-refractivity contribution in [3.63, 3.8) is 0 Å². The Bertz CT molecular complexity index is 1100. The van der Waals surface area contributed by atoms with Gasteiger partial charge in [-0.3, -0.25) is 14.7 Å². The standard InChI is InChI=1S/C27H31FN4O2/c1-3-24-15-20(8-10-27(34)31-23-6-4-5-22(28)17-23)12-14-32(24)18-21-7-9-25(26(33)16-21)30-19(2)11-13-29/h3-10,13,16-17,20,24,29,33H,1,11-12,14-15,18H2,2H3,(H,31,34). The zero-order valence-corrected chi connectivity index (χ0v) is 19.4. The first-order valence-electron chi connectivity index (χ1n) is 11.3. The van der Waals surface area contributed by atoms with Gasteiger partial charge in [-0.2, -0.15) is 0 Å². The Balaban J connectivity index is 1.57. The third-order valence-corrected chi connectivity index (χ3v) is 5.82. The van der Waals surface area contributed by atoms with E-state index in [1.54, 1.807) is 24.3 Å². The normalized spacial score (nSPS) is 19.2. The molecule has 3 N–H and O–H groups in total. The van der Waals surface area contributed by atoms with Crippen molar-refractivity contribution in [2.45, 2.75) is 38.8 Å². The van der Waals surface area contributed by atoms with E-state index in [1.807, 2.05) is 25.1 Å². The third kappa shape index (κ3) is 7.22. The van der Waals surface area contributed by atoms with E-state index < -0.39 is 5.82 Å². The lowest BCUT2D eigenvalue weighted by Crippen LogP contribution is -2.40. The van der Waals surface area contributed by atoms with Crippen LogP contribution in [-0.4, -0.2) is 40.4 Å². The summed E-state index contributed by atoms with van der Waals surface area (Å²) in [6.07, 6.45) is 8.83. The minimum atomic E-state index is -0.392. The molecule has 0 radical (unpaired) electrons. The number of carbonyl (C=O) groups is 1. The van der Waals surface area contributed by atoms with Crippen molar-refractivity contribution in [1.29, 1.82) is 5.41 Å². The summed E-state index contributed by atoms with van der Waals surface area (Å²) in [6, 6.07) is 11.5. The molecule has 1 fully saturated rings. The number of phenolic OH excluding ortho intramolecular Hbond substituents is 1. The number of rotatable bonds is 9. The van der Waals surface area contributed by atoms with Gasteiger partial charge in [-0.25, -0.2) is 4.39 Å². The number of anilines is 1. The van der Waals surface area contributed by atoms with Gasteiger partial charge in [0.2, 0.25) is 5.91 Å². The Kier molecular flexibility index (Phi) is 8.87. The second-order valence-corrected chi connectivity index (χ2v) is 8.50. The first-order chi connectivity index (χ1) is 16.4. The number of piperidine rings is 1. The van der Waals surface area contributed by atoms with Crippen LogP contribution >= 0.6 is 0 Å². The van der Waals surface area contributed by atoms with Crippen LogP contribution in [-0.2, 0) is 11.3 Å². The number of likely N-dealkylation sites (tertiary alicyclic amines) is 1. The van der Waals surface area contributed by atoms with Gasteiger partial charge in [-0.05, 0) is 74.2 Å². The Morgan fingerprint density at radius 2 is 2.18 bits per heavy atom. The van der Waals surface area contributed by atoms with E-state index >= 15 is 0 Å². The minimum absolute atomic E-state index is 0.124. The predicted molar refractivity (Wildman–Crippen MR) is 136 cm³/mol. The molecule has 1 heterocycles. The van der Waals surface area contributed by atoms with Gasteiger partial charge in [0.25, 0.3) is 0 Å². The molecule has 6 nitrogen and oxygen atoms in total. The van der Waals surface area contributed by atoms with Gasteiger partial charge in [0.1, 0.15) is 17.3 Å². The van der Waals surface area contributed by atoms with Crippen molar-refractivity contribution < 1.29 is 14.3 Å². The van der Waals surface area contributed by atoms with Gasteiger partial charge in [0.05, 0.1) is 0 Å². The van der Waals surface area contributed by atoms with Gasteiger partial charge >= 0.3 is 0 Å². The van der Waals surface area contributed by atoms with Crippen molar-refractivity contribution >= 4 is 29.2 Å². The molecular weight excluding hydrogens is 431 g/mol. The minimum Gasteiger partial charge on any atom is -0.506 e. The molecular formula is C27H31FN4O2. The molecule has 2 aromatic carbocycles. The number of nitrogens with one attached hydrogen (secondary N) is 2. The molecule has 0 bridgehead atoms. The smallest absolute Gasteiger partial charge is 0.248 e. The lowest BCUT2D eigenvalue weighted by molar-refractivity contribution is -0.111. The zero-order chi connectivity index (χ0) is 24.5. The summed E-state index contributed by atoms with van der Waals surface area (Å²) >= 11 is 0. The van der Waals surface area contributed by atoms with Crippen LogP contribution in [0.4, 0.5) is 15.8 Å². The summed E-state index contributed by atoms with van der Waals surface area (Å²) in [5.74, 6) is -0.313. The van der Waals surface area contributed by atoms with Crippen LogP contribution in [0.25, 0.3) is 0 Å². The van der Waals surface area contributed by atoms with Crippen LogP contribution in [0.1, 0.15) is 31.7 Å². The second-order valence-electron chi connectivity index (χ2n) is 8.50. The number of benzene rings is 2. The summed E-state index contributed by atoms with van der Waals surface area (Å²) < 4.78 is 13.3. The predicted octanol–water partition coefficient (Wildman–Crippen LogP) is 5.62. The Hall–Kier alpha value is -3.58. The number of halogens is 1. The second kappa shape index (κ2) is 12.0. The highest BCUT2D eigenvalue weighted by atomic mass is 19.1. The maximum Gasteiger partial charge on any atom is 0.248 e. The molecule has 178 valence electrons. The van der Waals surface area contributed by atoms with Crippen LogP contribution in [0.15, 0.2) is 72.3 Å². The molecule has 0 aromatic heterocycles. The number of nitrogens with zero attached hydrogens (tertiary/aromatic N) is 2. The number of aliphatic imine (C=N–C) groups is 1. The van der Waals surface area contributed by atoms with Gasteiger partial charge in [0, 0.05) is 36.6 Å². The quantitative estimate of drug-likeness (QED) is 0.257. The number of hydrogen-bond acceptors (Lipinski definition) is 5. The first kappa shape index (κ1) is 25.1. The van der Waals surface area contributed by atoms with Gasteiger partial charge < -0.3 is 15.8 Å². The summed E-state index contributed by atoms with van der Waals surface area (Å²) in [5.41, 5.74) is 2.68. The average molecular weight is 463 g/mol. The topological polar surface area (TPSA) is 88.8 Å². The van der Waals surface area contributed by atoms with E-state index in [1.165, 1.54) is 24.4 Å². The Morgan fingerprint density at radius 1 is 1.35 bits per heavy atom. The highest BCUT2D eigenvalue weighted by Crippen LogP contribution is 2.30. The zero-order valence-electron chi connectivity index (χ0n) is 19.4. The maximum absolute atomic E-state index is 13.3. The molecule has 3 rings (SSSR count). The monoisotopic (exact) mass is 462 g/mol. The molecule has 1 aliphatic rings. The molecule has 7 heteroatoms. The van der Waals surface area contributed by atoms with Crippen LogP contribution < -0.4 is 5.32 Å². The molecule has 0 spiro atoms. The number of hydrogen-bond donors (Lipinski definition) is 3. The van der Waals surface area contributed by atoms with E-state index in [2.05, 4.69) is 21.8 Å². The Labute approximate surface area is 200 Å². The average Bonchev–Trinajstić information content (AvgIpc) is 2.80. The van der Waals surface area contributed by atoms with Crippen LogP contribution in [0.2, 0.25) is 0 Å². The molecule has 2 atom stereocenters. The van der Waals surface area contributed by atoms with Crippen molar-refractivity contribution in [1.82, 2.24) is 4.90 Å². The molecule has 34 heavy (non-hydrogen) atoms. The van der Waals surface area contributed by atoms with Crippen molar-refractivity contribution in [2.24, 2.45) is 10.9 Å². The number of amides is 1. The highest BCUT2D eigenvalue weighted by molar-refractivity contribution is 5.99. The molecule has 0 aliphatic carbocycles. The number of aromatic hydroxyl groups is 1. The lowest BCUT2D eigenvalue weighted by atomic mass is 9.90. The van der Waals surface area contributed by atoms with E-state index in [9.17, 15) is 14.3 Å². The number of carbonyl (C=O) groups excluding carboxylic acids is 1. The SMILES string of the molecule is C=CC1CC(C=CC(=O)Nc2cccc(F)c2)CCN1Cc1ccc(N=C(C)CC=N)c(O)c1. The van der Waals surface area contributed by atoms with E-state index in [0.717, 1.165) is 30.7 Å².